The number of para-hydroxylation sites is 1. The lowest BCUT2D eigenvalue weighted by Gasteiger charge is -2.10. The third-order valence-corrected chi connectivity index (χ3v) is 5.37. The Balaban J connectivity index is 0.00000114. The van der Waals surface area contributed by atoms with Crippen molar-refractivity contribution in [3.05, 3.63) is 47.3 Å². The van der Waals surface area contributed by atoms with Crippen LogP contribution in [0.1, 0.15) is 57.2 Å². The number of imidazole rings is 1. The van der Waals surface area contributed by atoms with Crippen molar-refractivity contribution in [2.45, 2.75) is 52.1 Å². The largest absolute Gasteiger partial charge is 0.412 e. The van der Waals surface area contributed by atoms with Crippen LogP contribution in [0.25, 0.3) is 28.5 Å². The third-order valence-electron chi connectivity index (χ3n) is 4.46. The third kappa shape index (κ3) is 5.79. The molecule has 0 aliphatic heterocycles. The summed E-state index contributed by atoms with van der Waals surface area (Å²) in [4.78, 5) is 22.2. The Hall–Kier alpha value is -2.61. The molecule has 0 aliphatic rings. The minimum absolute atomic E-state index is 0.00719. The van der Waals surface area contributed by atoms with Crippen molar-refractivity contribution < 1.29 is 18.0 Å². The molecule has 0 amide bonds. The van der Waals surface area contributed by atoms with Gasteiger partial charge in [-0.15, -0.1) is 11.8 Å². The Bertz CT molecular complexity index is 1130. The summed E-state index contributed by atoms with van der Waals surface area (Å²) >= 11 is 1.57. The fourth-order valence-corrected chi connectivity index (χ4v) is 3.85. The van der Waals surface area contributed by atoms with Crippen LogP contribution in [0, 0.1) is 0 Å². The van der Waals surface area contributed by atoms with E-state index in [0.717, 1.165) is 34.6 Å². The lowest BCUT2D eigenvalue weighted by atomic mass is 10.2. The second-order valence-electron chi connectivity index (χ2n) is 7.28. The summed E-state index contributed by atoms with van der Waals surface area (Å²) in [5.41, 5.74) is 0.585. The topological polar surface area (TPSA) is 47.8 Å². The molecule has 0 atom stereocenters. The highest BCUT2D eigenvalue weighted by Crippen LogP contribution is 2.34. The predicted molar refractivity (Wildman–Crippen MR) is 126 cm³/mol. The normalized spacial score (nSPS) is 12.0. The van der Waals surface area contributed by atoms with E-state index in [0.29, 0.717) is 11.5 Å². The molecule has 0 unspecified atom stereocenters. The smallest absolute Gasteiger partial charge is 0.323 e. The number of pyridine rings is 1. The Kier molecular flexibility index (Phi) is 8.66. The highest BCUT2D eigenvalue weighted by Gasteiger charge is 2.31. The Morgan fingerprint density at radius 2 is 1.75 bits per heavy atom. The molecule has 4 nitrogen and oxygen atoms in total. The number of nitrogens with zero attached hydrogens (tertiary/aromatic N) is 3. The summed E-state index contributed by atoms with van der Waals surface area (Å²) in [6.07, 6.45) is -2.33. The van der Waals surface area contributed by atoms with Crippen LogP contribution in [0.4, 0.5) is 13.2 Å². The van der Waals surface area contributed by atoms with Crippen LogP contribution in [-0.2, 0) is 7.05 Å². The fraction of sp³-hybridized carbons (Fsp3) is 0.375. The molecule has 0 bridgehead atoms. The molecule has 1 aromatic carbocycles. The SMILES string of the molecule is CCC.CCSc1cc2ccccc2nc1-c1nc(/C=C(\C)C(F)(F)F)c(C(C)=O)n1C. The van der Waals surface area contributed by atoms with Gasteiger partial charge in [0, 0.05) is 29.8 Å². The van der Waals surface area contributed by atoms with Gasteiger partial charge >= 0.3 is 6.18 Å². The van der Waals surface area contributed by atoms with Gasteiger partial charge in [0.25, 0.3) is 0 Å². The molecule has 2 aromatic heterocycles. The van der Waals surface area contributed by atoms with Crippen LogP contribution < -0.4 is 0 Å². The Labute approximate surface area is 191 Å². The number of allylic oxidation sites excluding steroid dienone is 1. The van der Waals surface area contributed by atoms with Gasteiger partial charge in [0.05, 0.1) is 11.2 Å². The number of hydrogen-bond acceptors (Lipinski definition) is 4. The molecule has 8 heteroatoms. The van der Waals surface area contributed by atoms with Crippen LogP contribution in [0.15, 0.2) is 40.8 Å². The molecule has 32 heavy (non-hydrogen) atoms. The van der Waals surface area contributed by atoms with Gasteiger partial charge in [0.2, 0.25) is 0 Å². The van der Waals surface area contributed by atoms with Gasteiger partial charge in [0.1, 0.15) is 11.4 Å². The Morgan fingerprint density at radius 3 is 2.31 bits per heavy atom. The number of rotatable bonds is 5. The highest BCUT2D eigenvalue weighted by molar-refractivity contribution is 7.99. The van der Waals surface area contributed by atoms with Gasteiger partial charge in [-0.2, -0.15) is 13.2 Å². The highest BCUT2D eigenvalue weighted by atomic mass is 32.2. The molecule has 0 N–H and O–H groups in total. The first-order valence-electron chi connectivity index (χ1n) is 10.4. The molecule has 172 valence electrons. The number of thioether (sulfide) groups is 1. The van der Waals surface area contributed by atoms with Crippen molar-refractivity contribution in [1.29, 1.82) is 0 Å². The van der Waals surface area contributed by atoms with E-state index in [1.165, 1.54) is 17.9 Å². The van der Waals surface area contributed by atoms with E-state index in [2.05, 4.69) is 18.8 Å². The summed E-state index contributed by atoms with van der Waals surface area (Å²) in [5.74, 6) is 0.785. The minimum atomic E-state index is -4.49. The van der Waals surface area contributed by atoms with E-state index < -0.39 is 11.7 Å². The number of Topliss-reactive ketones (excluding diaryl/α,β-unsaturated/α-hetero) is 1. The summed E-state index contributed by atoms with van der Waals surface area (Å²) in [6.45, 7) is 8.53. The van der Waals surface area contributed by atoms with Gasteiger partial charge in [-0.3, -0.25) is 4.79 Å². The maximum Gasteiger partial charge on any atom is 0.412 e. The standard InChI is InChI=1S/C21H20F3N3OS.C3H8/c1-5-29-17-11-14-8-6-7-9-15(14)25-18(17)20-26-16(10-12(2)21(22,23)24)19(13(3)28)27(20)4;1-3-2/h6-11H,5H2,1-4H3;3H2,1-2H3/b12-10+;. The van der Waals surface area contributed by atoms with Gasteiger partial charge in [0.15, 0.2) is 11.6 Å². The maximum atomic E-state index is 13.0. The van der Waals surface area contributed by atoms with Crippen LogP contribution in [0.3, 0.4) is 0 Å². The summed E-state index contributed by atoms with van der Waals surface area (Å²) in [5, 5.41) is 0.959. The van der Waals surface area contributed by atoms with Gasteiger partial charge < -0.3 is 4.57 Å². The summed E-state index contributed by atoms with van der Waals surface area (Å²) in [7, 11) is 1.62. The predicted octanol–water partition coefficient (Wildman–Crippen LogP) is 7.33. The van der Waals surface area contributed by atoms with Crippen molar-refractivity contribution >= 4 is 34.5 Å². The number of ketones is 1. The number of halogens is 3. The van der Waals surface area contributed by atoms with E-state index >= 15 is 0 Å². The summed E-state index contributed by atoms with van der Waals surface area (Å²) < 4.78 is 40.6. The van der Waals surface area contributed by atoms with E-state index in [1.807, 2.05) is 37.3 Å². The molecule has 0 aliphatic carbocycles. The van der Waals surface area contributed by atoms with Crippen LogP contribution in [-0.4, -0.2) is 32.2 Å². The number of carbonyl (C=O) groups is 1. The average molecular weight is 464 g/mol. The average Bonchev–Trinajstić information content (AvgIpc) is 3.03. The minimum Gasteiger partial charge on any atom is -0.323 e. The molecule has 0 radical (unpaired) electrons. The van der Waals surface area contributed by atoms with E-state index in [-0.39, 0.29) is 17.2 Å². The number of aromatic nitrogens is 3. The zero-order valence-electron chi connectivity index (χ0n) is 19.2. The van der Waals surface area contributed by atoms with E-state index in [1.54, 1.807) is 18.8 Å². The molecule has 0 spiro atoms. The molecular weight excluding hydrogens is 435 g/mol. The quantitative estimate of drug-likeness (QED) is 0.294. The monoisotopic (exact) mass is 463 g/mol. The molecule has 0 saturated heterocycles. The van der Waals surface area contributed by atoms with Crippen molar-refractivity contribution in [2.75, 3.05) is 5.75 Å². The first-order valence-corrected chi connectivity index (χ1v) is 11.4. The molecule has 2 heterocycles. The van der Waals surface area contributed by atoms with Gasteiger partial charge in [-0.25, -0.2) is 9.97 Å². The van der Waals surface area contributed by atoms with E-state index in [4.69, 9.17) is 4.98 Å². The van der Waals surface area contributed by atoms with Gasteiger partial charge in [-0.05, 0) is 30.9 Å². The lowest BCUT2D eigenvalue weighted by Crippen LogP contribution is -2.09. The van der Waals surface area contributed by atoms with Crippen molar-refractivity contribution in [2.24, 2.45) is 7.05 Å². The van der Waals surface area contributed by atoms with Crippen LogP contribution in [0.5, 0.6) is 0 Å². The first kappa shape index (κ1) is 25.6. The van der Waals surface area contributed by atoms with Crippen LogP contribution >= 0.6 is 11.8 Å². The first-order chi connectivity index (χ1) is 15.0. The zero-order chi connectivity index (χ0) is 24.1. The number of alkyl halides is 3. The number of hydrogen-bond donors (Lipinski definition) is 0. The molecule has 0 fully saturated rings. The second-order valence-corrected chi connectivity index (χ2v) is 8.58. The molecule has 3 aromatic rings. The zero-order valence-corrected chi connectivity index (χ0v) is 20.0. The van der Waals surface area contributed by atoms with Gasteiger partial charge in [-0.1, -0.05) is 45.4 Å². The fourth-order valence-electron chi connectivity index (χ4n) is 3.06. The van der Waals surface area contributed by atoms with Crippen LogP contribution in [0.2, 0.25) is 0 Å². The number of fused-ring (bicyclic) bond motifs is 1. The molecule has 0 saturated carbocycles. The number of benzene rings is 1. The molecular formula is C24H28F3N3OS. The number of carbonyl (C=O) groups excluding carboxylic acids is 1. The lowest BCUT2D eigenvalue weighted by molar-refractivity contribution is -0.0903. The second kappa shape index (κ2) is 10.8. The van der Waals surface area contributed by atoms with E-state index in [9.17, 15) is 18.0 Å². The Morgan fingerprint density at radius 1 is 1.12 bits per heavy atom. The van der Waals surface area contributed by atoms with Crippen molar-refractivity contribution in [1.82, 2.24) is 14.5 Å². The summed E-state index contributed by atoms with van der Waals surface area (Å²) in [6, 6.07) is 9.59. The molecule has 3 rings (SSSR count). The van der Waals surface area contributed by atoms with Crippen molar-refractivity contribution in [3.8, 4) is 11.5 Å². The van der Waals surface area contributed by atoms with Crippen molar-refractivity contribution in [3.63, 3.8) is 0 Å². The maximum absolute atomic E-state index is 13.0.